The van der Waals surface area contributed by atoms with Crippen molar-refractivity contribution in [2.75, 3.05) is 19.5 Å². The zero-order valence-corrected chi connectivity index (χ0v) is 9.91. The van der Waals surface area contributed by atoms with Crippen LogP contribution in [0.2, 0.25) is 0 Å². The molecule has 16 heavy (non-hydrogen) atoms. The molecule has 88 valence electrons. The van der Waals surface area contributed by atoms with Gasteiger partial charge in [0.1, 0.15) is 5.69 Å². The number of nitrogens with two attached hydrogens (primary N) is 1. The lowest BCUT2D eigenvalue weighted by Gasteiger charge is -2.02. The van der Waals surface area contributed by atoms with Gasteiger partial charge in [-0.3, -0.25) is 4.98 Å². The van der Waals surface area contributed by atoms with Crippen LogP contribution < -0.4 is 5.73 Å². The Morgan fingerprint density at radius 2 is 2.44 bits per heavy atom. The lowest BCUT2D eigenvalue weighted by molar-refractivity contribution is 0.200. The number of rotatable bonds is 6. The highest BCUT2D eigenvalue weighted by atomic mass is 32.2. The van der Waals surface area contributed by atoms with Crippen molar-refractivity contribution in [2.24, 2.45) is 10.9 Å². The highest BCUT2D eigenvalue weighted by Gasteiger charge is 2.00. The van der Waals surface area contributed by atoms with Gasteiger partial charge in [-0.05, 0) is 18.6 Å². The molecule has 0 fully saturated rings. The van der Waals surface area contributed by atoms with Crippen molar-refractivity contribution in [3.63, 3.8) is 0 Å². The van der Waals surface area contributed by atoms with E-state index in [9.17, 15) is 0 Å². The minimum atomic E-state index is 0.0240. The molecule has 0 aliphatic rings. The number of amidine groups is 1. The normalized spacial score (nSPS) is 11.7. The van der Waals surface area contributed by atoms with Gasteiger partial charge < -0.3 is 15.7 Å². The molecule has 0 aliphatic heterocycles. The fourth-order valence-corrected chi connectivity index (χ4v) is 1.85. The van der Waals surface area contributed by atoms with Gasteiger partial charge in [0, 0.05) is 30.6 Å². The maximum atomic E-state index is 8.46. The number of ether oxygens (including phenoxy) is 1. The summed E-state index contributed by atoms with van der Waals surface area (Å²) in [6.07, 6.45) is 2.72. The second-order valence-electron chi connectivity index (χ2n) is 3.06. The van der Waals surface area contributed by atoms with Gasteiger partial charge >= 0.3 is 0 Å². The Bertz CT molecular complexity index is 340. The highest BCUT2D eigenvalue weighted by molar-refractivity contribution is 7.99. The first-order valence-electron chi connectivity index (χ1n) is 4.83. The number of pyridine rings is 1. The maximum Gasteiger partial charge on any atom is 0.188 e. The Kier molecular flexibility index (Phi) is 5.66. The number of hydrogen-bond acceptors (Lipinski definition) is 5. The van der Waals surface area contributed by atoms with E-state index in [0.717, 1.165) is 23.7 Å². The summed E-state index contributed by atoms with van der Waals surface area (Å²) in [5, 5.41) is 11.3. The summed E-state index contributed by atoms with van der Waals surface area (Å²) >= 11 is 1.70. The lowest BCUT2D eigenvalue weighted by Crippen LogP contribution is -2.14. The van der Waals surface area contributed by atoms with Crippen LogP contribution in [0.25, 0.3) is 0 Å². The van der Waals surface area contributed by atoms with Crippen LogP contribution in [0.5, 0.6) is 0 Å². The van der Waals surface area contributed by atoms with Crippen molar-refractivity contribution in [3.8, 4) is 0 Å². The average Bonchev–Trinajstić information content (AvgIpc) is 2.34. The van der Waals surface area contributed by atoms with E-state index in [4.69, 9.17) is 15.7 Å². The molecule has 0 aromatic carbocycles. The molecule has 0 spiro atoms. The number of oxime groups is 1. The van der Waals surface area contributed by atoms with Crippen molar-refractivity contribution < 1.29 is 9.94 Å². The SMILES string of the molecule is COCCCSc1ccc(/C(N)=N/O)nc1. The first-order valence-corrected chi connectivity index (χ1v) is 5.82. The van der Waals surface area contributed by atoms with Gasteiger partial charge in [0.25, 0.3) is 0 Å². The molecule has 1 rings (SSSR count). The second kappa shape index (κ2) is 7.08. The molecule has 0 saturated heterocycles. The zero-order valence-electron chi connectivity index (χ0n) is 9.09. The van der Waals surface area contributed by atoms with E-state index in [-0.39, 0.29) is 5.84 Å². The van der Waals surface area contributed by atoms with E-state index in [2.05, 4.69) is 10.1 Å². The van der Waals surface area contributed by atoms with Gasteiger partial charge in [-0.15, -0.1) is 11.8 Å². The summed E-state index contributed by atoms with van der Waals surface area (Å²) < 4.78 is 4.96. The van der Waals surface area contributed by atoms with E-state index < -0.39 is 0 Å². The van der Waals surface area contributed by atoms with Gasteiger partial charge in [-0.25, -0.2) is 0 Å². The van der Waals surface area contributed by atoms with Crippen LogP contribution in [0.3, 0.4) is 0 Å². The van der Waals surface area contributed by atoms with Crippen molar-refractivity contribution >= 4 is 17.6 Å². The lowest BCUT2D eigenvalue weighted by atomic mass is 10.3. The van der Waals surface area contributed by atoms with Crippen LogP contribution in [0.15, 0.2) is 28.4 Å². The molecule has 0 radical (unpaired) electrons. The molecule has 5 nitrogen and oxygen atoms in total. The molecule has 0 unspecified atom stereocenters. The summed E-state index contributed by atoms with van der Waals surface area (Å²) in [5.74, 6) is 1.01. The van der Waals surface area contributed by atoms with E-state index in [1.807, 2.05) is 6.07 Å². The fourth-order valence-electron chi connectivity index (χ4n) is 1.06. The smallest absolute Gasteiger partial charge is 0.188 e. The molecule has 1 aromatic heterocycles. The second-order valence-corrected chi connectivity index (χ2v) is 4.23. The first-order chi connectivity index (χ1) is 7.77. The Hall–Kier alpha value is -1.27. The fraction of sp³-hybridized carbons (Fsp3) is 0.400. The Morgan fingerprint density at radius 1 is 1.62 bits per heavy atom. The third-order valence-corrected chi connectivity index (χ3v) is 2.94. The van der Waals surface area contributed by atoms with Gasteiger partial charge in [-0.1, -0.05) is 5.16 Å². The van der Waals surface area contributed by atoms with Crippen molar-refractivity contribution in [1.82, 2.24) is 4.98 Å². The molecule has 3 N–H and O–H groups in total. The standard InChI is InChI=1S/C10H15N3O2S/c1-15-5-2-6-16-8-3-4-9(12-7-8)10(11)13-14/h3-4,7,14H,2,5-6H2,1H3,(H2,11,13). The number of thioether (sulfide) groups is 1. The Labute approximate surface area is 98.7 Å². The minimum absolute atomic E-state index is 0.0240. The van der Waals surface area contributed by atoms with Gasteiger partial charge in [-0.2, -0.15) is 0 Å². The van der Waals surface area contributed by atoms with Crippen molar-refractivity contribution in [2.45, 2.75) is 11.3 Å². The van der Waals surface area contributed by atoms with Gasteiger partial charge in [0.2, 0.25) is 0 Å². The Morgan fingerprint density at radius 3 is 3.00 bits per heavy atom. The highest BCUT2D eigenvalue weighted by Crippen LogP contribution is 2.17. The summed E-state index contributed by atoms with van der Waals surface area (Å²) in [5.41, 5.74) is 5.87. The van der Waals surface area contributed by atoms with Gasteiger partial charge in [0.05, 0.1) is 0 Å². The predicted molar refractivity (Wildman–Crippen MR) is 64.0 cm³/mol. The molecule has 1 aromatic rings. The third kappa shape index (κ3) is 4.08. The number of aromatic nitrogens is 1. The zero-order chi connectivity index (χ0) is 11.8. The summed E-state index contributed by atoms with van der Waals surface area (Å²) in [7, 11) is 1.69. The summed E-state index contributed by atoms with van der Waals surface area (Å²) in [6.45, 7) is 0.766. The number of nitrogens with zero attached hydrogens (tertiary/aromatic N) is 2. The van der Waals surface area contributed by atoms with Gasteiger partial charge in [0.15, 0.2) is 5.84 Å². The molecule has 1 heterocycles. The predicted octanol–water partition coefficient (Wildman–Crippen LogP) is 1.30. The molecule has 0 bridgehead atoms. The molecule has 0 saturated carbocycles. The minimum Gasteiger partial charge on any atom is -0.409 e. The summed E-state index contributed by atoms with van der Waals surface area (Å²) in [6, 6.07) is 3.63. The van der Waals surface area contributed by atoms with E-state index in [1.54, 1.807) is 31.1 Å². The van der Waals surface area contributed by atoms with E-state index in [0.29, 0.717) is 5.69 Å². The van der Waals surface area contributed by atoms with Crippen LogP contribution in [0.4, 0.5) is 0 Å². The molecule has 0 aliphatic carbocycles. The molecular formula is C10H15N3O2S. The van der Waals surface area contributed by atoms with Crippen LogP contribution in [-0.2, 0) is 4.74 Å². The molecule has 6 heteroatoms. The Balaban J connectivity index is 2.45. The quantitative estimate of drug-likeness (QED) is 0.196. The third-order valence-electron chi connectivity index (χ3n) is 1.87. The van der Waals surface area contributed by atoms with Crippen LogP contribution in [-0.4, -0.2) is 35.5 Å². The number of hydrogen-bond donors (Lipinski definition) is 2. The molecular weight excluding hydrogens is 226 g/mol. The largest absolute Gasteiger partial charge is 0.409 e. The monoisotopic (exact) mass is 241 g/mol. The summed E-state index contributed by atoms with van der Waals surface area (Å²) in [4.78, 5) is 5.14. The number of methoxy groups -OCH3 is 1. The first kappa shape index (κ1) is 12.8. The van der Waals surface area contributed by atoms with E-state index in [1.165, 1.54) is 0 Å². The van der Waals surface area contributed by atoms with Crippen LogP contribution in [0, 0.1) is 0 Å². The maximum absolute atomic E-state index is 8.46. The van der Waals surface area contributed by atoms with E-state index >= 15 is 0 Å². The van der Waals surface area contributed by atoms with Crippen molar-refractivity contribution in [1.29, 1.82) is 0 Å². The van der Waals surface area contributed by atoms with Crippen molar-refractivity contribution in [3.05, 3.63) is 24.0 Å². The topological polar surface area (TPSA) is 80.7 Å². The molecule has 0 atom stereocenters. The van der Waals surface area contributed by atoms with Crippen LogP contribution >= 0.6 is 11.8 Å². The molecule has 0 amide bonds. The van der Waals surface area contributed by atoms with Crippen LogP contribution in [0.1, 0.15) is 12.1 Å². The average molecular weight is 241 g/mol.